The Hall–Kier alpha value is -4.10. The molecule has 0 amide bonds. The first-order chi connectivity index (χ1) is 17.9. The van der Waals surface area contributed by atoms with E-state index in [1.54, 1.807) is 0 Å². The molecule has 1 nitrogen and oxygen atoms in total. The number of rotatable bonds is 1. The Labute approximate surface area is 217 Å². The highest BCUT2D eigenvalue weighted by atomic mass is 14.7. The predicted molar refractivity (Wildman–Crippen MR) is 156 cm³/mol. The van der Waals surface area contributed by atoms with Gasteiger partial charge in [-0.05, 0) is 73.8 Å². The van der Waals surface area contributed by atoms with Crippen LogP contribution in [0.15, 0.2) is 97.1 Å². The van der Waals surface area contributed by atoms with Gasteiger partial charge >= 0.3 is 0 Å². The lowest BCUT2D eigenvalue weighted by molar-refractivity contribution is 0.662. The van der Waals surface area contributed by atoms with Gasteiger partial charge in [-0.1, -0.05) is 107 Å². The zero-order chi connectivity index (χ0) is 25.1. The largest absolute Gasteiger partial charge is 0.355 e. The molecule has 37 heavy (non-hydrogen) atoms. The first-order valence-electron chi connectivity index (χ1n) is 13.3. The first kappa shape index (κ1) is 21.0. The Balaban J connectivity index is 1.41. The third-order valence-corrected chi connectivity index (χ3v) is 9.17. The van der Waals surface area contributed by atoms with Crippen molar-refractivity contribution in [3.63, 3.8) is 0 Å². The molecular weight excluding hydrogens is 446 g/mol. The second kappa shape index (κ2) is 6.81. The van der Waals surface area contributed by atoms with Gasteiger partial charge in [0.05, 0.1) is 0 Å². The van der Waals surface area contributed by atoms with E-state index < -0.39 is 0 Å². The molecule has 1 N–H and O–H groups in total. The fourth-order valence-corrected chi connectivity index (χ4v) is 7.52. The van der Waals surface area contributed by atoms with E-state index in [1.165, 1.54) is 77.4 Å². The van der Waals surface area contributed by atoms with Crippen LogP contribution in [0.3, 0.4) is 0 Å². The third-order valence-electron chi connectivity index (χ3n) is 9.17. The van der Waals surface area contributed by atoms with Crippen molar-refractivity contribution in [2.24, 2.45) is 0 Å². The highest BCUT2D eigenvalue weighted by Crippen LogP contribution is 2.54. The summed E-state index contributed by atoms with van der Waals surface area (Å²) in [5.74, 6) is 0. The van der Waals surface area contributed by atoms with E-state index in [9.17, 15) is 0 Å². The van der Waals surface area contributed by atoms with Crippen molar-refractivity contribution in [3.8, 4) is 33.4 Å². The first-order valence-corrected chi connectivity index (χ1v) is 13.3. The molecule has 2 aliphatic rings. The van der Waals surface area contributed by atoms with Crippen LogP contribution in [0, 0.1) is 0 Å². The number of nitrogens with one attached hydrogen (secondary N) is 1. The van der Waals surface area contributed by atoms with Crippen molar-refractivity contribution < 1.29 is 0 Å². The molecule has 1 heteroatoms. The van der Waals surface area contributed by atoms with Crippen molar-refractivity contribution in [3.05, 3.63) is 119 Å². The second-order valence-corrected chi connectivity index (χ2v) is 11.9. The maximum absolute atomic E-state index is 3.73. The molecule has 0 fully saturated rings. The molecule has 0 unspecified atom stereocenters. The lowest BCUT2D eigenvalue weighted by Crippen LogP contribution is -2.16. The minimum Gasteiger partial charge on any atom is -0.355 e. The number of aromatic amines is 1. The Morgan fingerprint density at radius 1 is 0.486 bits per heavy atom. The number of fused-ring (bicyclic) bond motifs is 10. The van der Waals surface area contributed by atoms with Crippen LogP contribution in [0.25, 0.3) is 55.2 Å². The van der Waals surface area contributed by atoms with Crippen LogP contribution < -0.4 is 0 Å². The quantitative estimate of drug-likeness (QED) is 0.244. The van der Waals surface area contributed by atoms with Gasteiger partial charge in [0.15, 0.2) is 0 Å². The number of benzene rings is 5. The lowest BCUT2D eigenvalue weighted by atomic mass is 9.78. The SMILES string of the molecule is CC1(C)c2ccccc2-c2cccc(-c3ccc4[nH]c5ccc6c(c5c4c3)C(C)(C)c3ccccc3-6)c21. The third kappa shape index (κ3) is 2.54. The zero-order valence-corrected chi connectivity index (χ0v) is 21.7. The van der Waals surface area contributed by atoms with E-state index in [0.29, 0.717) is 0 Å². The minimum absolute atomic E-state index is 0.0391. The molecule has 5 aromatic carbocycles. The smallest absolute Gasteiger partial charge is 0.0468 e. The van der Waals surface area contributed by atoms with Crippen molar-refractivity contribution in [2.45, 2.75) is 38.5 Å². The van der Waals surface area contributed by atoms with Crippen LogP contribution >= 0.6 is 0 Å². The van der Waals surface area contributed by atoms with Gasteiger partial charge in [0.25, 0.3) is 0 Å². The molecule has 8 rings (SSSR count). The molecular formula is C36H29N. The van der Waals surface area contributed by atoms with E-state index in [1.807, 2.05) is 0 Å². The van der Waals surface area contributed by atoms with Crippen molar-refractivity contribution in [1.29, 1.82) is 0 Å². The number of hydrogen-bond donors (Lipinski definition) is 1. The molecule has 2 aliphatic carbocycles. The van der Waals surface area contributed by atoms with Gasteiger partial charge in [-0.15, -0.1) is 0 Å². The molecule has 1 aromatic heterocycles. The molecule has 0 bridgehead atoms. The fourth-order valence-electron chi connectivity index (χ4n) is 7.52. The van der Waals surface area contributed by atoms with Gasteiger partial charge in [-0.25, -0.2) is 0 Å². The van der Waals surface area contributed by atoms with E-state index in [0.717, 1.165) is 0 Å². The molecule has 0 radical (unpaired) electrons. The minimum atomic E-state index is -0.0474. The van der Waals surface area contributed by atoms with Gasteiger partial charge in [-0.3, -0.25) is 0 Å². The highest BCUT2D eigenvalue weighted by molar-refractivity contribution is 6.13. The summed E-state index contributed by atoms with van der Waals surface area (Å²) in [5, 5.41) is 2.68. The van der Waals surface area contributed by atoms with Crippen molar-refractivity contribution >= 4 is 21.8 Å². The Morgan fingerprint density at radius 3 is 1.78 bits per heavy atom. The van der Waals surface area contributed by atoms with E-state index in [2.05, 4.69) is 130 Å². The molecule has 0 atom stereocenters. The van der Waals surface area contributed by atoms with Crippen LogP contribution in [-0.4, -0.2) is 4.98 Å². The van der Waals surface area contributed by atoms with Gasteiger partial charge in [-0.2, -0.15) is 0 Å². The summed E-state index contributed by atoms with van der Waals surface area (Å²) in [4.78, 5) is 3.73. The van der Waals surface area contributed by atoms with Crippen LogP contribution in [0.4, 0.5) is 0 Å². The molecule has 1 heterocycles. The molecule has 178 valence electrons. The number of aromatic nitrogens is 1. The highest BCUT2D eigenvalue weighted by Gasteiger charge is 2.39. The van der Waals surface area contributed by atoms with Gasteiger partial charge < -0.3 is 4.98 Å². The Bertz CT molecular complexity index is 1930. The summed E-state index contributed by atoms with van der Waals surface area (Å²) in [6, 6.07) is 36.2. The summed E-state index contributed by atoms with van der Waals surface area (Å²) in [6.07, 6.45) is 0. The monoisotopic (exact) mass is 475 g/mol. The fraction of sp³-hybridized carbons (Fsp3) is 0.167. The lowest BCUT2D eigenvalue weighted by Gasteiger charge is -2.24. The normalized spacial score (nSPS) is 16.0. The average Bonchev–Trinajstić information content (AvgIpc) is 3.48. The second-order valence-electron chi connectivity index (χ2n) is 11.9. The predicted octanol–water partition coefficient (Wildman–Crippen LogP) is 9.60. The molecule has 0 saturated heterocycles. The zero-order valence-electron chi connectivity index (χ0n) is 21.7. The molecule has 0 spiro atoms. The van der Waals surface area contributed by atoms with Crippen LogP contribution in [0.5, 0.6) is 0 Å². The van der Waals surface area contributed by atoms with E-state index in [4.69, 9.17) is 0 Å². The molecule has 6 aromatic rings. The Kier molecular flexibility index (Phi) is 3.87. The summed E-state index contributed by atoms with van der Waals surface area (Å²) >= 11 is 0. The number of hydrogen-bond acceptors (Lipinski definition) is 0. The maximum atomic E-state index is 3.73. The van der Waals surface area contributed by atoms with Crippen LogP contribution in [-0.2, 0) is 10.8 Å². The van der Waals surface area contributed by atoms with Gasteiger partial charge in [0.2, 0.25) is 0 Å². The Morgan fingerprint density at radius 2 is 1.05 bits per heavy atom. The van der Waals surface area contributed by atoms with E-state index >= 15 is 0 Å². The van der Waals surface area contributed by atoms with Gasteiger partial charge in [0.1, 0.15) is 0 Å². The van der Waals surface area contributed by atoms with E-state index in [-0.39, 0.29) is 10.8 Å². The van der Waals surface area contributed by atoms with Gasteiger partial charge in [0, 0.05) is 32.6 Å². The maximum Gasteiger partial charge on any atom is 0.0468 e. The standard InChI is InChI=1S/C36H29N/c1-35(2)28-14-7-5-10-23(28)25-13-9-12-22(33(25)35)21-16-18-30-27(20-21)32-31(37-30)19-17-26-24-11-6-8-15-29(24)36(3,4)34(26)32/h5-20,37H,1-4H3. The van der Waals surface area contributed by atoms with Crippen molar-refractivity contribution in [1.82, 2.24) is 4.98 Å². The molecule has 0 saturated carbocycles. The van der Waals surface area contributed by atoms with Crippen LogP contribution in [0.2, 0.25) is 0 Å². The average molecular weight is 476 g/mol. The summed E-state index contributed by atoms with van der Waals surface area (Å²) in [6.45, 7) is 9.50. The summed E-state index contributed by atoms with van der Waals surface area (Å²) in [5.41, 5.74) is 16.2. The summed E-state index contributed by atoms with van der Waals surface area (Å²) in [7, 11) is 0. The number of H-pyrrole nitrogens is 1. The summed E-state index contributed by atoms with van der Waals surface area (Å²) < 4.78 is 0. The van der Waals surface area contributed by atoms with Crippen molar-refractivity contribution in [2.75, 3.05) is 0 Å². The topological polar surface area (TPSA) is 15.8 Å². The molecule has 0 aliphatic heterocycles. The van der Waals surface area contributed by atoms with Crippen LogP contribution in [0.1, 0.15) is 49.9 Å².